The third-order valence-corrected chi connectivity index (χ3v) is 5.58. The van der Waals surface area contributed by atoms with Gasteiger partial charge >= 0.3 is 5.97 Å². The number of ether oxygens (including phenoxy) is 1. The van der Waals surface area contributed by atoms with Crippen LogP contribution in [0.3, 0.4) is 0 Å². The van der Waals surface area contributed by atoms with Crippen molar-refractivity contribution in [2.45, 2.75) is 32.7 Å². The zero-order valence-electron chi connectivity index (χ0n) is 17.4. The van der Waals surface area contributed by atoms with Crippen LogP contribution in [0.15, 0.2) is 24.3 Å². The number of aromatic nitrogens is 2. The first-order valence-electron chi connectivity index (χ1n) is 9.49. The van der Waals surface area contributed by atoms with E-state index < -0.39 is 11.9 Å². The summed E-state index contributed by atoms with van der Waals surface area (Å²) in [5.74, 6) is -1.32. The maximum atomic E-state index is 13.3. The lowest BCUT2D eigenvalue weighted by atomic mass is 9.83. The predicted octanol–water partition coefficient (Wildman–Crippen LogP) is 2.37. The molecule has 154 valence electrons. The lowest BCUT2D eigenvalue weighted by Crippen LogP contribution is -2.44. The van der Waals surface area contributed by atoms with Gasteiger partial charge < -0.3 is 15.0 Å². The summed E-state index contributed by atoms with van der Waals surface area (Å²) in [6.07, 6.45) is 0.729. The van der Waals surface area contributed by atoms with E-state index in [0.29, 0.717) is 24.2 Å². The Kier molecular flexibility index (Phi) is 5.72. The summed E-state index contributed by atoms with van der Waals surface area (Å²) in [5, 5.41) is 7.03. The van der Waals surface area contributed by atoms with Gasteiger partial charge in [-0.2, -0.15) is 5.10 Å². The summed E-state index contributed by atoms with van der Waals surface area (Å²) in [6, 6.07) is 7.46. The molecule has 0 aliphatic carbocycles. The minimum absolute atomic E-state index is 0.00688. The number of rotatable bonds is 4. The van der Waals surface area contributed by atoms with Crippen molar-refractivity contribution in [1.82, 2.24) is 14.7 Å². The standard InChI is InChI=1S/C21H26N4O4/c1-12-6-8-14(9-7-12)19-15(10-11-16(26)24(19)3)20(27)22-17-13(2)25(4)23-18(17)21(28)29-5/h6-9,15,19H,10-11H2,1-5H3,(H,22,27). The zero-order chi connectivity index (χ0) is 21.3. The highest BCUT2D eigenvalue weighted by Crippen LogP contribution is 2.37. The van der Waals surface area contributed by atoms with Gasteiger partial charge in [0.1, 0.15) is 0 Å². The number of methoxy groups -OCH3 is 1. The fourth-order valence-corrected chi connectivity index (χ4v) is 3.75. The van der Waals surface area contributed by atoms with Crippen LogP contribution < -0.4 is 5.32 Å². The third kappa shape index (κ3) is 3.87. The van der Waals surface area contributed by atoms with E-state index in [1.807, 2.05) is 31.2 Å². The van der Waals surface area contributed by atoms with E-state index in [1.54, 1.807) is 25.9 Å². The fraction of sp³-hybridized carbons (Fsp3) is 0.429. The summed E-state index contributed by atoms with van der Waals surface area (Å²) >= 11 is 0. The fourth-order valence-electron chi connectivity index (χ4n) is 3.75. The normalized spacial score (nSPS) is 19.2. The lowest BCUT2D eigenvalue weighted by Gasteiger charge is -2.38. The van der Waals surface area contributed by atoms with Crippen molar-refractivity contribution >= 4 is 23.5 Å². The van der Waals surface area contributed by atoms with Gasteiger partial charge in [-0.3, -0.25) is 14.3 Å². The Bertz CT molecular complexity index is 948. The van der Waals surface area contributed by atoms with Crippen molar-refractivity contribution in [2.75, 3.05) is 19.5 Å². The first kappa shape index (κ1) is 20.6. The molecule has 0 saturated carbocycles. The summed E-state index contributed by atoms with van der Waals surface area (Å²) in [6.45, 7) is 3.76. The lowest BCUT2D eigenvalue weighted by molar-refractivity contribution is -0.140. The molecule has 8 nitrogen and oxygen atoms in total. The topological polar surface area (TPSA) is 93.5 Å². The van der Waals surface area contributed by atoms with E-state index >= 15 is 0 Å². The molecular weight excluding hydrogens is 372 g/mol. The Balaban J connectivity index is 1.94. The number of esters is 1. The number of amides is 2. The SMILES string of the molecule is COC(=O)c1nn(C)c(C)c1NC(=O)C1CCC(=O)N(C)C1c1ccc(C)cc1. The van der Waals surface area contributed by atoms with E-state index in [-0.39, 0.29) is 23.6 Å². The van der Waals surface area contributed by atoms with Crippen LogP contribution in [-0.4, -0.2) is 46.6 Å². The summed E-state index contributed by atoms with van der Waals surface area (Å²) in [7, 11) is 4.69. The molecule has 0 spiro atoms. The summed E-state index contributed by atoms with van der Waals surface area (Å²) in [5.41, 5.74) is 3.06. The number of benzene rings is 1. The van der Waals surface area contributed by atoms with E-state index in [4.69, 9.17) is 4.74 Å². The monoisotopic (exact) mass is 398 g/mol. The molecule has 1 fully saturated rings. The molecule has 1 aromatic carbocycles. The average molecular weight is 398 g/mol. The van der Waals surface area contributed by atoms with Crippen LogP contribution in [0.4, 0.5) is 5.69 Å². The Morgan fingerprint density at radius 1 is 1.17 bits per heavy atom. The van der Waals surface area contributed by atoms with E-state index in [1.165, 1.54) is 11.8 Å². The number of nitrogens with one attached hydrogen (secondary N) is 1. The number of hydrogen-bond acceptors (Lipinski definition) is 5. The molecule has 2 atom stereocenters. The molecule has 2 heterocycles. The van der Waals surface area contributed by atoms with Crippen LogP contribution in [0.25, 0.3) is 0 Å². The van der Waals surface area contributed by atoms with Gasteiger partial charge in [0.25, 0.3) is 0 Å². The summed E-state index contributed by atoms with van der Waals surface area (Å²) in [4.78, 5) is 39.3. The highest BCUT2D eigenvalue weighted by atomic mass is 16.5. The number of nitrogens with zero attached hydrogens (tertiary/aromatic N) is 3. The molecule has 3 rings (SSSR count). The van der Waals surface area contributed by atoms with Crippen molar-refractivity contribution in [3.05, 3.63) is 46.8 Å². The van der Waals surface area contributed by atoms with Gasteiger partial charge in [-0.1, -0.05) is 29.8 Å². The van der Waals surface area contributed by atoms with Gasteiger partial charge in [0.15, 0.2) is 5.69 Å². The zero-order valence-corrected chi connectivity index (χ0v) is 17.4. The van der Waals surface area contributed by atoms with E-state index in [2.05, 4.69) is 10.4 Å². The molecule has 2 amide bonds. The van der Waals surface area contributed by atoms with E-state index in [9.17, 15) is 14.4 Å². The third-order valence-electron chi connectivity index (χ3n) is 5.58. The molecule has 1 aliphatic rings. The van der Waals surface area contributed by atoms with Gasteiger partial charge in [0.2, 0.25) is 11.8 Å². The molecule has 0 radical (unpaired) electrons. The molecular formula is C21H26N4O4. The number of hydrogen-bond donors (Lipinski definition) is 1. The first-order chi connectivity index (χ1) is 13.7. The molecule has 1 aliphatic heterocycles. The second-order valence-electron chi connectivity index (χ2n) is 7.42. The molecule has 1 N–H and O–H groups in total. The molecule has 0 bridgehead atoms. The van der Waals surface area contributed by atoms with Gasteiger partial charge in [0.05, 0.1) is 30.5 Å². The number of carbonyl (C=O) groups is 3. The Morgan fingerprint density at radius 2 is 1.83 bits per heavy atom. The van der Waals surface area contributed by atoms with Gasteiger partial charge in [-0.05, 0) is 25.8 Å². The molecule has 29 heavy (non-hydrogen) atoms. The average Bonchev–Trinajstić information content (AvgIpc) is 2.98. The minimum Gasteiger partial charge on any atom is -0.464 e. The maximum Gasteiger partial charge on any atom is 0.360 e. The van der Waals surface area contributed by atoms with Crippen LogP contribution in [0.5, 0.6) is 0 Å². The quantitative estimate of drug-likeness (QED) is 0.798. The van der Waals surface area contributed by atoms with Gasteiger partial charge in [0, 0.05) is 20.5 Å². The van der Waals surface area contributed by atoms with Gasteiger partial charge in [-0.25, -0.2) is 4.79 Å². The Morgan fingerprint density at radius 3 is 2.45 bits per heavy atom. The number of carbonyl (C=O) groups excluding carboxylic acids is 3. The van der Waals surface area contributed by atoms with Crippen LogP contribution in [-0.2, 0) is 21.4 Å². The van der Waals surface area contributed by atoms with Crippen LogP contribution >= 0.6 is 0 Å². The molecule has 2 unspecified atom stereocenters. The van der Waals surface area contributed by atoms with Crippen molar-refractivity contribution in [2.24, 2.45) is 13.0 Å². The minimum atomic E-state index is -0.616. The number of aryl methyl sites for hydroxylation is 2. The van der Waals surface area contributed by atoms with Crippen LogP contribution in [0, 0.1) is 19.8 Å². The molecule has 8 heteroatoms. The van der Waals surface area contributed by atoms with Crippen LogP contribution in [0.1, 0.15) is 46.2 Å². The van der Waals surface area contributed by atoms with Crippen molar-refractivity contribution in [3.8, 4) is 0 Å². The first-order valence-corrected chi connectivity index (χ1v) is 9.49. The number of piperidine rings is 1. The van der Waals surface area contributed by atoms with Crippen molar-refractivity contribution < 1.29 is 19.1 Å². The molecule has 1 saturated heterocycles. The van der Waals surface area contributed by atoms with Crippen LogP contribution in [0.2, 0.25) is 0 Å². The second kappa shape index (κ2) is 8.06. The van der Waals surface area contributed by atoms with Crippen molar-refractivity contribution in [1.29, 1.82) is 0 Å². The predicted molar refractivity (Wildman–Crippen MR) is 107 cm³/mol. The highest BCUT2D eigenvalue weighted by molar-refractivity contribution is 6.02. The maximum absolute atomic E-state index is 13.3. The molecule has 2 aromatic rings. The Labute approximate surface area is 169 Å². The second-order valence-corrected chi connectivity index (χ2v) is 7.42. The Hall–Kier alpha value is -3.16. The number of anilines is 1. The van der Waals surface area contributed by atoms with Gasteiger partial charge in [-0.15, -0.1) is 0 Å². The smallest absolute Gasteiger partial charge is 0.360 e. The highest BCUT2D eigenvalue weighted by Gasteiger charge is 2.39. The van der Waals surface area contributed by atoms with Crippen molar-refractivity contribution in [3.63, 3.8) is 0 Å². The largest absolute Gasteiger partial charge is 0.464 e. The molecule has 1 aromatic heterocycles. The van der Waals surface area contributed by atoms with E-state index in [0.717, 1.165) is 11.1 Å². The number of likely N-dealkylation sites (tertiary alicyclic amines) is 1. The summed E-state index contributed by atoms with van der Waals surface area (Å²) < 4.78 is 6.31.